The van der Waals surface area contributed by atoms with Crippen LogP contribution in [0.1, 0.15) is 26.2 Å². The topological polar surface area (TPSA) is 66.8 Å². The molecule has 1 fully saturated rings. The van der Waals surface area contributed by atoms with Gasteiger partial charge in [0.15, 0.2) is 0 Å². The fourth-order valence-electron chi connectivity index (χ4n) is 1.99. The smallest absolute Gasteiger partial charge is 0.397 e. The fourth-order valence-corrected chi connectivity index (χ4v) is 1.99. The molecule has 0 radical (unpaired) electrons. The Morgan fingerprint density at radius 3 is 2.88 bits per heavy atom. The van der Waals surface area contributed by atoms with E-state index in [0.717, 1.165) is 12.8 Å². The maximum atomic E-state index is 11.6. The van der Waals surface area contributed by atoms with E-state index in [1.165, 1.54) is 4.90 Å². The normalized spacial score (nSPS) is 20.6. The van der Waals surface area contributed by atoms with Crippen molar-refractivity contribution in [3.63, 3.8) is 0 Å². The van der Waals surface area contributed by atoms with Gasteiger partial charge in [0.2, 0.25) is 0 Å². The first-order valence-electron chi connectivity index (χ1n) is 5.76. The van der Waals surface area contributed by atoms with Gasteiger partial charge in [-0.15, -0.1) is 0 Å². The van der Waals surface area contributed by atoms with Gasteiger partial charge in [-0.2, -0.15) is 0 Å². The highest BCUT2D eigenvalue weighted by Gasteiger charge is 2.28. The minimum atomic E-state index is -0.771. The lowest BCUT2D eigenvalue weighted by Crippen LogP contribution is -2.44. The van der Waals surface area contributed by atoms with Crippen LogP contribution in [0.15, 0.2) is 0 Å². The number of aliphatic hydroxyl groups is 1. The lowest BCUT2D eigenvalue weighted by Gasteiger charge is -2.31. The van der Waals surface area contributed by atoms with Crippen LogP contribution in [-0.4, -0.2) is 48.2 Å². The summed E-state index contributed by atoms with van der Waals surface area (Å²) in [5.74, 6) is -1.02. The molecule has 0 saturated carbocycles. The zero-order valence-corrected chi connectivity index (χ0v) is 9.65. The maximum absolute atomic E-state index is 11.6. The SMILES string of the molecule is CCOC(=O)C(=O)N1CCCC(CCO)C1. The molecule has 16 heavy (non-hydrogen) atoms. The summed E-state index contributed by atoms with van der Waals surface area (Å²) in [6.45, 7) is 3.19. The lowest BCUT2D eigenvalue weighted by atomic mass is 9.95. The van der Waals surface area contributed by atoms with Crippen LogP contribution >= 0.6 is 0 Å². The van der Waals surface area contributed by atoms with E-state index < -0.39 is 11.9 Å². The van der Waals surface area contributed by atoms with E-state index in [1.807, 2.05) is 0 Å². The summed E-state index contributed by atoms with van der Waals surface area (Å²) in [4.78, 5) is 24.4. The van der Waals surface area contributed by atoms with Crippen LogP contribution in [0.2, 0.25) is 0 Å². The van der Waals surface area contributed by atoms with E-state index in [9.17, 15) is 9.59 Å². The van der Waals surface area contributed by atoms with Crippen LogP contribution in [0, 0.1) is 5.92 Å². The molecule has 1 atom stereocenters. The number of rotatable bonds is 3. The summed E-state index contributed by atoms with van der Waals surface area (Å²) < 4.78 is 4.67. The van der Waals surface area contributed by atoms with Crippen molar-refractivity contribution in [2.75, 3.05) is 26.3 Å². The molecule has 5 nitrogen and oxygen atoms in total. The highest BCUT2D eigenvalue weighted by atomic mass is 16.5. The average Bonchev–Trinajstić information content (AvgIpc) is 2.29. The number of nitrogens with zero attached hydrogens (tertiary/aromatic N) is 1. The van der Waals surface area contributed by atoms with E-state index in [1.54, 1.807) is 6.92 Å². The Labute approximate surface area is 95.4 Å². The summed E-state index contributed by atoms with van der Waals surface area (Å²) in [6, 6.07) is 0. The number of piperidine rings is 1. The first kappa shape index (κ1) is 13.0. The zero-order valence-electron chi connectivity index (χ0n) is 9.65. The Kier molecular flexibility index (Phi) is 5.25. The van der Waals surface area contributed by atoms with Crippen molar-refractivity contribution < 1.29 is 19.4 Å². The largest absolute Gasteiger partial charge is 0.459 e. The second-order valence-corrected chi connectivity index (χ2v) is 3.99. The zero-order chi connectivity index (χ0) is 12.0. The third-order valence-corrected chi connectivity index (χ3v) is 2.79. The van der Waals surface area contributed by atoms with Crippen LogP contribution in [0.5, 0.6) is 0 Å². The molecule has 1 rings (SSSR count). The van der Waals surface area contributed by atoms with Gasteiger partial charge >= 0.3 is 11.9 Å². The van der Waals surface area contributed by atoms with E-state index in [-0.39, 0.29) is 13.2 Å². The molecule has 1 aliphatic heterocycles. The van der Waals surface area contributed by atoms with Gasteiger partial charge in [-0.1, -0.05) is 0 Å². The van der Waals surface area contributed by atoms with Crippen LogP contribution < -0.4 is 0 Å². The van der Waals surface area contributed by atoms with E-state index >= 15 is 0 Å². The van der Waals surface area contributed by atoms with Gasteiger partial charge in [-0.05, 0) is 32.1 Å². The van der Waals surface area contributed by atoms with Crippen LogP contribution in [0.3, 0.4) is 0 Å². The molecule has 1 amide bonds. The third-order valence-electron chi connectivity index (χ3n) is 2.79. The maximum Gasteiger partial charge on any atom is 0.397 e. The molecule has 92 valence electrons. The Balaban J connectivity index is 2.46. The second-order valence-electron chi connectivity index (χ2n) is 3.99. The molecule has 1 heterocycles. The first-order chi connectivity index (χ1) is 7.69. The molecule has 1 N–H and O–H groups in total. The number of ether oxygens (including phenoxy) is 1. The van der Waals surface area contributed by atoms with Gasteiger partial charge in [0, 0.05) is 19.7 Å². The number of hydrogen-bond donors (Lipinski definition) is 1. The summed E-state index contributed by atoms with van der Waals surface area (Å²) in [5.41, 5.74) is 0. The summed E-state index contributed by atoms with van der Waals surface area (Å²) in [5, 5.41) is 8.84. The number of carbonyl (C=O) groups is 2. The highest BCUT2D eigenvalue weighted by molar-refractivity contribution is 6.32. The van der Waals surface area contributed by atoms with E-state index in [4.69, 9.17) is 5.11 Å². The molecule has 0 aliphatic carbocycles. The molecular weight excluding hydrogens is 210 g/mol. The molecule has 0 aromatic heterocycles. The molecule has 5 heteroatoms. The Hall–Kier alpha value is -1.10. The molecule has 0 spiro atoms. The number of hydrogen-bond acceptors (Lipinski definition) is 4. The first-order valence-corrected chi connectivity index (χ1v) is 5.76. The standard InChI is InChI=1S/C11H19NO4/c1-2-16-11(15)10(14)12-6-3-4-9(8-12)5-7-13/h9,13H,2-8H2,1H3. The molecular formula is C11H19NO4. The number of likely N-dealkylation sites (tertiary alicyclic amines) is 1. The summed E-state index contributed by atoms with van der Waals surface area (Å²) >= 11 is 0. The molecule has 1 saturated heterocycles. The van der Waals surface area contributed by atoms with Crippen molar-refractivity contribution in [1.82, 2.24) is 4.90 Å². The van der Waals surface area contributed by atoms with Crippen molar-refractivity contribution in [3.8, 4) is 0 Å². The van der Waals surface area contributed by atoms with Gasteiger partial charge in [0.25, 0.3) is 0 Å². The molecule has 0 bridgehead atoms. The van der Waals surface area contributed by atoms with Crippen molar-refractivity contribution in [2.24, 2.45) is 5.92 Å². The molecule has 1 unspecified atom stereocenters. The fraction of sp³-hybridized carbons (Fsp3) is 0.818. The van der Waals surface area contributed by atoms with Gasteiger partial charge in [-0.25, -0.2) is 4.79 Å². The minimum absolute atomic E-state index is 0.131. The molecule has 0 aromatic rings. The Morgan fingerprint density at radius 2 is 2.25 bits per heavy atom. The summed E-state index contributed by atoms with van der Waals surface area (Å²) in [7, 11) is 0. The Bertz CT molecular complexity index is 252. The van der Waals surface area contributed by atoms with Crippen LogP contribution in [0.4, 0.5) is 0 Å². The predicted octanol–water partition coefficient (Wildman–Crippen LogP) is 0.170. The van der Waals surface area contributed by atoms with Crippen molar-refractivity contribution >= 4 is 11.9 Å². The third kappa shape index (κ3) is 3.48. The van der Waals surface area contributed by atoms with Gasteiger partial charge in [0.05, 0.1) is 6.61 Å². The number of amides is 1. The van der Waals surface area contributed by atoms with Gasteiger partial charge in [-0.3, -0.25) is 4.79 Å². The van der Waals surface area contributed by atoms with Crippen molar-refractivity contribution in [2.45, 2.75) is 26.2 Å². The van der Waals surface area contributed by atoms with Crippen LogP contribution in [-0.2, 0) is 14.3 Å². The number of esters is 1. The number of carbonyl (C=O) groups excluding carboxylic acids is 2. The second kappa shape index (κ2) is 6.48. The number of aliphatic hydroxyl groups excluding tert-OH is 1. The summed E-state index contributed by atoms with van der Waals surface area (Å²) in [6.07, 6.45) is 2.58. The van der Waals surface area contributed by atoms with Gasteiger partial charge < -0.3 is 14.7 Å². The Morgan fingerprint density at radius 1 is 1.50 bits per heavy atom. The molecule has 0 aromatic carbocycles. The minimum Gasteiger partial charge on any atom is -0.459 e. The highest BCUT2D eigenvalue weighted by Crippen LogP contribution is 2.19. The van der Waals surface area contributed by atoms with Gasteiger partial charge in [0.1, 0.15) is 0 Å². The van der Waals surface area contributed by atoms with E-state index in [0.29, 0.717) is 25.4 Å². The van der Waals surface area contributed by atoms with E-state index in [2.05, 4.69) is 4.74 Å². The monoisotopic (exact) mass is 229 g/mol. The predicted molar refractivity (Wildman–Crippen MR) is 57.6 cm³/mol. The lowest BCUT2D eigenvalue weighted by molar-refractivity contribution is -0.160. The molecule has 1 aliphatic rings. The average molecular weight is 229 g/mol. The van der Waals surface area contributed by atoms with Crippen molar-refractivity contribution in [1.29, 1.82) is 0 Å². The quantitative estimate of drug-likeness (QED) is 0.553. The van der Waals surface area contributed by atoms with Crippen molar-refractivity contribution in [3.05, 3.63) is 0 Å². The van der Waals surface area contributed by atoms with Crippen LogP contribution in [0.25, 0.3) is 0 Å².